The lowest BCUT2D eigenvalue weighted by molar-refractivity contribution is -0.0630. The molecule has 2 N–H and O–H groups in total. The minimum absolute atomic E-state index is 0.0282. The number of anilines is 1. The molecule has 0 spiro atoms. The Kier molecular flexibility index (Phi) is 5.05. The Labute approximate surface area is 172 Å². The van der Waals surface area contributed by atoms with Crippen molar-refractivity contribution in [3.05, 3.63) is 34.6 Å². The van der Waals surface area contributed by atoms with E-state index in [1.54, 1.807) is 23.6 Å². The first-order chi connectivity index (χ1) is 14.1. The van der Waals surface area contributed by atoms with Gasteiger partial charge in [-0.25, -0.2) is 14.1 Å². The van der Waals surface area contributed by atoms with Crippen LogP contribution in [-0.4, -0.2) is 45.6 Å². The van der Waals surface area contributed by atoms with Crippen LogP contribution in [0.25, 0.3) is 16.0 Å². The first-order valence-electron chi connectivity index (χ1n) is 9.44. The summed E-state index contributed by atoms with van der Waals surface area (Å²) in [5.74, 6) is 0.303. The van der Waals surface area contributed by atoms with E-state index in [1.165, 1.54) is 6.33 Å². The molecule has 0 saturated carbocycles. The van der Waals surface area contributed by atoms with Crippen molar-refractivity contribution in [3.63, 3.8) is 0 Å². The van der Waals surface area contributed by atoms with Crippen molar-refractivity contribution >= 4 is 19.2 Å². The van der Waals surface area contributed by atoms with Crippen LogP contribution in [0.5, 0.6) is 0 Å². The maximum atomic E-state index is 13.1. The van der Waals surface area contributed by atoms with E-state index >= 15 is 0 Å². The largest absolute Gasteiger partial charge is 0.475 e. The van der Waals surface area contributed by atoms with E-state index in [0.29, 0.717) is 17.0 Å². The molecule has 0 radical (unpaired) electrons. The number of nitrogen functional groups attached to an aromatic ring is 1. The smallest absolute Gasteiger partial charge is 0.382 e. The van der Waals surface area contributed by atoms with Gasteiger partial charge in [0.2, 0.25) is 0 Å². The van der Waals surface area contributed by atoms with Gasteiger partial charge in [0, 0.05) is 4.91 Å². The van der Waals surface area contributed by atoms with Crippen molar-refractivity contribution < 1.29 is 22.9 Å². The molecule has 2 aromatic heterocycles. The summed E-state index contributed by atoms with van der Waals surface area (Å²) in [7, 11) is -3.86. The van der Waals surface area contributed by atoms with Crippen LogP contribution in [-0.2, 0) is 22.9 Å². The number of hydrogen-bond acceptors (Lipinski definition) is 9. The third kappa shape index (κ3) is 3.56. The molecule has 0 aromatic carbocycles. The highest BCUT2D eigenvalue weighted by Crippen LogP contribution is 2.60. The van der Waals surface area contributed by atoms with Crippen molar-refractivity contribution in [1.29, 1.82) is 0 Å². The first kappa shape index (κ1) is 21.0. The van der Waals surface area contributed by atoms with Crippen LogP contribution in [0.3, 0.4) is 0 Å². The average molecular weight is 437 g/mol. The Morgan fingerprint density at radius 1 is 1.50 bits per heavy atom. The van der Waals surface area contributed by atoms with Gasteiger partial charge in [-0.3, -0.25) is 13.6 Å². The number of nitrogens with two attached hydrogens (primary N) is 1. The van der Waals surface area contributed by atoms with Crippen LogP contribution in [0, 0.1) is 5.41 Å². The van der Waals surface area contributed by atoms with Gasteiger partial charge in [0.15, 0.2) is 5.82 Å². The highest BCUT2D eigenvalue weighted by molar-refractivity contribution is 7.48. The van der Waals surface area contributed by atoms with Gasteiger partial charge in [0.25, 0.3) is 0 Å². The standard InChI is InChI=1S/C17H24N7O5P/c1-16(2,3)8-27-30(25)26-7-12-14(29-30)17(4,22-23-19)13(28-12)10-5-6-11-15(18)20-9-21-24(10)11/h5-6,9,12-14H,7-8H2,1-4H3,(H2,18,20,21)/t12-,13+,14-,17+,30?/m1/s1. The predicted molar refractivity (Wildman–Crippen MR) is 106 cm³/mol. The molecule has 0 aliphatic carbocycles. The van der Waals surface area contributed by atoms with Gasteiger partial charge in [-0.15, -0.1) is 0 Å². The van der Waals surface area contributed by atoms with Gasteiger partial charge >= 0.3 is 7.82 Å². The fourth-order valence-corrected chi connectivity index (χ4v) is 5.33. The lowest BCUT2D eigenvalue weighted by atomic mass is 9.88. The van der Waals surface area contributed by atoms with Gasteiger partial charge in [-0.2, -0.15) is 5.10 Å². The van der Waals surface area contributed by atoms with Gasteiger partial charge < -0.3 is 10.5 Å². The molecule has 4 rings (SSSR count). The molecule has 30 heavy (non-hydrogen) atoms. The Hall–Kier alpha value is -2.20. The number of ether oxygens (including phenoxy) is 1. The second-order valence-corrected chi connectivity index (χ2v) is 10.4. The van der Waals surface area contributed by atoms with E-state index < -0.39 is 31.7 Å². The SMILES string of the molecule is CC(C)(C)COP1(=O)OC[C@H]2O[C@@H](c3ccc4c(N)ncnn34)[C@](C)(N=[N+]=[N-])[C@@H]2O1. The lowest BCUT2D eigenvalue weighted by Gasteiger charge is -2.36. The molecule has 4 heterocycles. The summed E-state index contributed by atoms with van der Waals surface area (Å²) in [4.78, 5) is 6.97. The third-order valence-electron chi connectivity index (χ3n) is 5.09. The topological polar surface area (TPSA) is 159 Å². The summed E-state index contributed by atoms with van der Waals surface area (Å²) in [6, 6.07) is 3.52. The molecular weight excluding hydrogens is 413 g/mol. The highest BCUT2D eigenvalue weighted by atomic mass is 31.2. The monoisotopic (exact) mass is 437 g/mol. The number of phosphoric ester groups is 1. The minimum atomic E-state index is -3.86. The molecule has 2 saturated heterocycles. The van der Waals surface area contributed by atoms with Gasteiger partial charge in [0.1, 0.15) is 35.7 Å². The molecule has 12 nitrogen and oxygen atoms in total. The summed E-state index contributed by atoms with van der Waals surface area (Å²) < 4.78 is 37.5. The number of hydrogen-bond donors (Lipinski definition) is 1. The summed E-state index contributed by atoms with van der Waals surface area (Å²) in [5.41, 5.74) is 14.9. The number of rotatable bonds is 4. The molecule has 2 aliphatic heterocycles. The molecule has 2 aliphatic rings. The van der Waals surface area contributed by atoms with E-state index in [4.69, 9.17) is 24.0 Å². The summed E-state index contributed by atoms with van der Waals surface area (Å²) in [6.07, 6.45) is -0.886. The van der Waals surface area contributed by atoms with Gasteiger partial charge in [-0.1, -0.05) is 25.9 Å². The maximum Gasteiger partial charge on any atom is 0.475 e. The number of aromatic nitrogens is 3. The van der Waals surface area contributed by atoms with E-state index in [-0.39, 0.29) is 18.6 Å². The first-order valence-corrected chi connectivity index (χ1v) is 10.9. The van der Waals surface area contributed by atoms with Gasteiger partial charge in [0.05, 0.1) is 18.9 Å². The third-order valence-corrected chi connectivity index (χ3v) is 6.49. The number of nitrogens with zero attached hydrogens (tertiary/aromatic N) is 6. The zero-order chi connectivity index (χ0) is 21.7. The van der Waals surface area contributed by atoms with E-state index in [0.717, 1.165) is 0 Å². The van der Waals surface area contributed by atoms with Crippen molar-refractivity contribution in [2.45, 2.75) is 51.5 Å². The van der Waals surface area contributed by atoms with E-state index in [2.05, 4.69) is 20.1 Å². The Balaban J connectivity index is 1.70. The molecule has 2 fully saturated rings. The zero-order valence-electron chi connectivity index (χ0n) is 17.1. The Morgan fingerprint density at radius 3 is 2.97 bits per heavy atom. The minimum Gasteiger partial charge on any atom is -0.382 e. The summed E-state index contributed by atoms with van der Waals surface area (Å²) in [5, 5.41) is 8.23. The molecular formula is C17H24N7O5P. The lowest BCUT2D eigenvalue weighted by Crippen LogP contribution is -2.45. The number of fused-ring (bicyclic) bond motifs is 2. The fraction of sp³-hybridized carbons (Fsp3) is 0.647. The van der Waals surface area contributed by atoms with Gasteiger partial charge in [-0.05, 0) is 30.0 Å². The summed E-state index contributed by atoms with van der Waals surface area (Å²) in [6.45, 7) is 7.65. The Morgan fingerprint density at radius 2 is 2.27 bits per heavy atom. The van der Waals surface area contributed by atoms with Crippen LogP contribution >= 0.6 is 7.82 Å². The van der Waals surface area contributed by atoms with Crippen LogP contribution in [0.4, 0.5) is 5.82 Å². The van der Waals surface area contributed by atoms with Crippen molar-refractivity contribution in [1.82, 2.24) is 14.6 Å². The van der Waals surface area contributed by atoms with Crippen LogP contribution in [0.2, 0.25) is 0 Å². The molecule has 0 amide bonds. The normalized spacial score (nSPS) is 33.9. The number of azide groups is 1. The highest BCUT2D eigenvalue weighted by Gasteiger charge is 2.60. The van der Waals surface area contributed by atoms with Crippen molar-refractivity contribution in [2.75, 3.05) is 18.9 Å². The van der Waals surface area contributed by atoms with Crippen molar-refractivity contribution in [3.8, 4) is 0 Å². The summed E-state index contributed by atoms with van der Waals surface area (Å²) >= 11 is 0. The Bertz CT molecular complexity index is 1060. The second kappa shape index (κ2) is 7.19. The molecule has 0 bridgehead atoms. The zero-order valence-corrected chi connectivity index (χ0v) is 18.0. The van der Waals surface area contributed by atoms with Crippen LogP contribution in [0.1, 0.15) is 39.5 Å². The van der Waals surface area contributed by atoms with Crippen LogP contribution in [0.15, 0.2) is 23.6 Å². The van der Waals surface area contributed by atoms with Crippen LogP contribution < -0.4 is 5.73 Å². The molecule has 13 heteroatoms. The predicted octanol–water partition coefficient (Wildman–Crippen LogP) is 3.41. The quantitative estimate of drug-likeness (QED) is 0.330. The molecule has 1 unspecified atom stereocenters. The molecule has 5 atom stereocenters. The van der Waals surface area contributed by atoms with Crippen molar-refractivity contribution in [2.24, 2.45) is 10.5 Å². The maximum absolute atomic E-state index is 13.1. The second-order valence-electron chi connectivity index (χ2n) is 8.77. The molecule has 162 valence electrons. The number of phosphoric acid groups is 1. The van der Waals surface area contributed by atoms with E-state index in [1.807, 2.05) is 20.8 Å². The average Bonchev–Trinajstić information content (AvgIpc) is 3.21. The molecule has 2 aromatic rings. The van der Waals surface area contributed by atoms with E-state index in [9.17, 15) is 10.1 Å². The fourth-order valence-electron chi connectivity index (χ4n) is 3.63.